The molecule has 10 heteroatoms. The predicted molar refractivity (Wildman–Crippen MR) is 97.4 cm³/mol. The van der Waals surface area contributed by atoms with E-state index in [1.807, 2.05) is 6.92 Å². The number of esters is 4. The van der Waals surface area contributed by atoms with E-state index in [1.54, 1.807) is 0 Å². The maximum Gasteiger partial charge on any atom is 0.303 e. The van der Waals surface area contributed by atoms with E-state index in [4.69, 9.17) is 28.4 Å². The van der Waals surface area contributed by atoms with Crippen molar-refractivity contribution < 1.29 is 47.6 Å². The highest BCUT2D eigenvalue weighted by Crippen LogP contribution is 2.30. The molecule has 0 spiro atoms. The van der Waals surface area contributed by atoms with Gasteiger partial charge in [-0.3, -0.25) is 19.2 Å². The second-order valence-electron chi connectivity index (χ2n) is 6.65. The molecule has 0 saturated carbocycles. The van der Waals surface area contributed by atoms with Crippen molar-refractivity contribution in [1.29, 1.82) is 0 Å². The van der Waals surface area contributed by atoms with Crippen LogP contribution in [-0.4, -0.2) is 67.8 Å². The molecule has 1 rings (SSSR count). The first-order valence-corrected chi connectivity index (χ1v) is 9.57. The normalized spacial score (nSPS) is 26.3. The van der Waals surface area contributed by atoms with Gasteiger partial charge in [-0.1, -0.05) is 19.8 Å². The van der Waals surface area contributed by atoms with Gasteiger partial charge in [0, 0.05) is 34.3 Å². The van der Waals surface area contributed by atoms with E-state index in [-0.39, 0.29) is 6.61 Å². The zero-order valence-corrected chi connectivity index (χ0v) is 17.5. The second-order valence-corrected chi connectivity index (χ2v) is 6.65. The molecule has 0 aromatic heterocycles. The van der Waals surface area contributed by atoms with Gasteiger partial charge >= 0.3 is 23.9 Å². The minimum absolute atomic E-state index is 0.271. The molecule has 0 amide bonds. The van der Waals surface area contributed by atoms with Gasteiger partial charge in [0.05, 0.1) is 0 Å². The fourth-order valence-corrected chi connectivity index (χ4v) is 2.87. The summed E-state index contributed by atoms with van der Waals surface area (Å²) in [6.45, 7) is 6.81. The van der Waals surface area contributed by atoms with Crippen molar-refractivity contribution >= 4 is 23.9 Å². The van der Waals surface area contributed by atoms with E-state index < -0.39 is 54.6 Å². The smallest absolute Gasteiger partial charge is 0.303 e. The second kappa shape index (κ2) is 12.4. The average Bonchev–Trinajstić information content (AvgIpc) is 2.60. The third-order valence-electron chi connectivity index (χ3n) is 3.98. The van der Waals surface area contributed by atoms with Crippen molar-refractivity contribution in [1.82, 2.24) is 0 Å². The molecule has 29 heavy (non-hydrogen) atoms. The van der Waals surface area contributed by atoms with Crippen LogP contribution >= 0.6 is 0 Å². The van der Waals surface area contributed by atoms with Crippen LogP contribution in [0.2, 0.25) is 0 Å². The standard InChI is InChI=1S/C19H30O10/c1-6-7-8-9-24-19-18(28-14(5)23)17(27-13(4)22)16(26-12(3)21)15(29-19)10-25-11(2)20/h15-19H,6-10H2,1-5H3/t15-,16-,17+,18-,19-/m1/s1. The van der Waals surface area contributed by atoms with E-state index in [1.165, 1.54) is 27.7 Å². The zero-order chi connectivity index (χ0) is 22.0. The van der Waals surface area contributed by atoms with Crippen LogP contribution in [0.25, 0.3) is 0 Å². The number of hydrogen-bond acceptors (Lipinski definition) is 10. The molecule has 1 aliphatic heterocycles. The number of rotatable bonds is 10. The SMILES string of the molecule is CCCCCO[C@@H]1O[C@H](COC(C)=O)[C@@H](OC(C)=O)[C@H](OC(C)=O)[C@H]1OC(C)=O. The molecule has 0 bridgehead atoms. The van der Waals surface area contributed by atoms with Gasteiger partial charge in [0.1, 0.15) is 12.7 Å². The summed E-state index contributed by atoms with van der Waals surface area (Å²) in [6, 6.07) is 0. The summed E-state index contributed by atoms with van der Waals surface area (Å²) in [6.07, 6.45) is -3.00. The molecule has 1 fully saturated rings. The van der Waals surface area contributed by atoms with Crippen molar-refractivity contribution in [2.75, 3.05) is 13.2 Å². The number of carbonyl (C=O) groups is 4. The lowest BCUT2D eigenvalue weighted by Crippen LogP contribution is -2.63. The third kappa shape index (κ3) is 8.78. The maximum atomic E-state index is 11.7. The highest BCUT2D eigenvalue weighted by atomic mass is 16.7. The Balaban J connectivity index is 3.17. The van der Waals surface area contributed by atoms with Crippen molar-refractivity contribution in [3.63, 3.8) is 0 Å². The number of hydrogen-bond donors (Lipinski definition) is 0. The molecule has 0 N–H and O–H groups in total. The fraction of sp³-hybridized carbons (Fsp3) is 0.789. The van der Waals surface area contributed by atoms with Crippen molar-refractivity contribution in [3.8, 4) is 0 Å². The van der Waals surface area contributed by atoms with Crippen LogP contribution in [0.1, 0.15) is 53.9 Å². The van der Waals surface area contributed by atoms with Crippen LogP contribution in [0.5, 0.6) is 0 Å². The molecule has 0 radical (unpaired) electrons. The Morgan fingerprint density at radius 3 is 1.83 bits per heavy atom. The first-order valence-electron chi connectivity index (χ1n) is 9.57. The number of unbranched alkanes of at least 4 members (excludes halogenated alkanes) is 2. The molecule has 1 aliphatic rings. The summed E-state index contributed by atoms with van der Waals surface area (Å²) in [7, 11) is 0. The van der Waals surface area contributed by atoms with Gasteiger partial charge in [-0.05, 0) is 6.42 Å². The first kappa shape index (κ1) is 24.8. The zero-order valence-electron chi connectivity index (χ0n) is 17.5. The molecule has 166 valence electrons. The largest absolute Gasteiger partial charge is 0.463 e. The van der Waals surface area contributed by atoms with Crippen LogP contribution in [0, 0.1) is 0 Å². The maximum absolute atomic E-state index is 11.7. The average molecular weight is 418 g/mol. The minimum Gasteiger partial charge on any atom is -0.463 e. The Hall–Kier alpha value is -2.20. The molecule has 0 aromatic carbocycles. The van der Waals surface area contributed by atoms with Gasteiger partial charge in [0.2, 0.25) is 0 Å². The van der Waals surface area contributed by atoms with Crippen LogP contribution in [0.3, 0.4) is 0 Å². The number of carbonyl (C=O) groups excluding carboxylic acids is 4. The molecule has 1 heterocycles. The van der Waals surface area contributed by atoms with Crippen LogP contribution < -0.4 is 0 Å². The Kier molecular flexibility index (Phi) is 10.6. The van der Waals surface area contributed by atoms with Crippen LogP contribution in [0.4, 0.5) is 0 Å². The Morgan fingerprint density at radius 1 is 0.759 bits per heavy atom. The van der Waals surface area contributed by atoms with Crippen molar-refractivity contribution in [2.45, 2.75) is 84.6 Å². The lowest BCUT2D eigenvalue weighted by molar-refractivity contribution is -0.308. The minimum atomic E-state index is -1.20. The fourth-order valence-electron chi connectivity index (χ4n) is 2.87. The first-order chi connectivity index (χ1) is 13.6. The number of ether oxygens (including phenoxy) is 6. The van der Waals surface area contributed by atoms with Gasteiger partial charge in [0.25, 0.3) is 0 Å². The molecule has 0 unspecified atom stereocenters. The molecular formula is C19H30O10. The summed E-state index contributed by atoms with van der Waals surface area (Å²) in [4.78, 5) is 46.2. The molecule has 1 saturated heterocycles. The molecule has 0 aromatic rings. The van der Waals surface area contributed by atoms with Gasteiger partial charge in [-0.2, -0.15) is 0 Å². The molecule has 10 nitrogen and oxygen atoms in total. The van der Waals surface area contributed by atoms with Gasteiger partial charge in [-0.15, -0.1) is 0 Å². The Labute approximate surface area is 170 Å². The Bertz CT molecular complexity index is 575. The summed E-state index contributed by atoms with van der Waals surface area (Å²) in [5.41, 5.74) is 0. The molecule has 0 aliphatic carbocycles. The summed E-state index contributed by atoms with van der Waals surface area (Å²) in [5, 5.41) is 0. The van der Waals surface area contributed by atoms with Gasteiger partial charge < -0.3 is 28.4 Å². The summed E-state index contributed by atoms with van der Waals surface area (Å²) in [5.74, 6) is -2.57. The Morgan fingerprint density at radius 2 is 1.31 bits per heavy atom. The van der Waals surface area contributed by atoms with E-state index in [9.17, 15) is 19.2 Å². The molecular weight excluding hydrogens is 388 g/mol. The monoisotopic (exact) mass is 418 g/mol. The van der Waals surface area contributed by atoms with E-state index in [0.717, 1.165) is 19.3 Å². The quantitative estimate of drug-likeness (QED) is 0.291. The van der Waals surface area contributed by atoms with Gasteiger partial charge in [-0.25, -0.2) is 0 Å². The highest BCUT2D eigenvalue weighted by molar-refractivity contribution is 5.68. The highest BCUT2D eigenvalue weighted by Gasteiger charge is 2.52. The molecule has 5 atom stereocenters. The third-order valence-corrected chi connectivity index (χ3v) is 3.98. The lowest BCUT2D eigenvalue weighted by atomic mass is 9.98. The van der Waals surface area contributed by atoms with E-state index >= 15 is 0 Å². The summed E-state index contributed by atoms with van der Waals surface area (Å²) >= 11 is 0. The van der Waals surface area contributed by atoms with Crippen molar-refractivity contribution in [3.05, 3.63) is 0 Å². The summed E-state index contributed by atoms with van der Waals surface area (Å²) < 4.78 is 32.4. The van der Waals surface area contributed by atoms with Crippen LogP contribution in [0.15, 0.2) is 0 Å². The van der Waals surface area contributed by atoms with E-state index in [2.05, 4.69) is 0 Å². The van der Waals surface area contributed by atoms with Gasteiger partial charge in [0.15, 0.2) is 24.6 Å². The predicted octanol–water partition coefficient (Wildman–Crippen LogP) is 1.28. The van der Waals surface area contributed by atoms with Crippen LogP contribution in [-0.2, 0) is 47.6 Å². The topological polar surface area (TPSA) is 124 Å². The lowest BCUT2D eigenvalue weighted by Gasteiger charge is -2.44. The van der Waals surface area contributed by atoms with E-state index in [0.29, 0.717) is 6.61 Å². The van der Waals surface area contributed by atoms with Crippen molar-refractivity contribution in [2.24, 2.45) is 0 Å².